The lowest BCUT2D eigenvalue weighted by Gasteiger charge is -2.42. The zero-order chi connectivity index (χ0) is 14.9. The quantitative estimate of drug-likeness (QED) is 0.798. The molecule has 3 aliphatic rings. The van der Waals surface area contributed by atoms with Crippen LogP contribution in [0.1, 0.15) is 5.82 Å². The number of fused-ring (bicyclic) bond motifs is 1. The summed E-state index contributed by atoms with van der Waals surface area (Å²) >= 11 is 0. The van der Waals surface area contributed by atoms with Crippen molar-refractivity contribution in [2.24, 2.45) is 18.9 Å². The first-order chi connectivity index (χ1) is 10.8. The van der Waals surface area contributed by atoms with Gasteiger partial charge in [-0.15, -0.1) is 0 Å². The third kappa shape index (κ3) is 2.80. The molecule has 3 fully saturated rings. The minimum Gasteiger partial charge on any atom is -0.379 e. The number of aromatic nitrogens is 2. The molecule has 6 heteroatoms. The summed E-state index contributed by atoms with van der Waals surface area (Å²) in [7, 11) is 2.07. The second kappa shape index (κ2) is 6.28. The van der Waals surface area contributed by atoms with Gasteiger partial charge in [-0.1, -0.05) is 0 Å². The van der Waals surface area contributed by atoms with Gasteiger partial charge in [-0.3, -0.25) is 9.80 Å². The Labute approximate surface area is 132 Å². The number of ether oxygens (including phenoxy) is 2. The molecule has 0 spiro atoms. The minimum absolute atomic E-state index is 0.564. The van der Waals surface area contributed by atoms with Gasteiger partial charge < -0.3 is 14.0 Å². The molecule has 0 bridgehead atoms. The maximum Gasteiger partial charge on any atom is 0.122 e. The fourth-order valence-electron chi connectivity index (χ4n) is 4.23. The molecule has 3 atom stereocenters. The van der Waals surface area contributed by atoms with E-state index in [1.165, 1.54) is 6.54 Å². The SMILES string of the molecule is Cn1ccnc1CN1C[C@H]2COC[C@H](N3CCOCC3)[C@H]2C1. The van der Waals surface area contributed by atoms with Crippen LogP contribution in [-0.4, -0.2) is 78.0 Å². The van der Waals surface area contributed by atoms with Crippen LogP contribution in [0.3, 0.4) is 0 Å². The normalized spacial score (nSPS) is 34.0. The van der Waals surface area contributed by atoms with Gasteiger partial charge in [0.2, 0.25) is 0 Å². The highest BCUT2D eigenvalue weighted by Crippen LogP contribution is 2.33. The Morgan fingerprint density at radius 1 is 1.18 bits per heavy atom. The van der Waals surface area contributed by atoms with Crippen molar-refractivity contribution in [1.82, 2.24) is 19.4 Å². The summed E-state index contributed by atoms with van der Waals surface area (Å²) < 4.78 is 13.6. The molecule has 3 aliphatic heterocycles. The van der Waals surface area contributed by atoms with Gasteiger partial charge in [-0.05, 0) is 5.92 Å². The molecule has 3 saturated heterocycles. The Balaban J connectivity index is 1.42. The fourth-order valence-corrected chi connectivity index (χ4v) is 4.23. The minimum atomic E-state index is 0.564. The highest BCUT2D eigenvalue weighted by atomic mass is 16.5. The molecule has 0 aliphatic carbocycles. The number of hydrogen-bond donors (Lipinski definition) is 0. The summed E-state index contributed by atoms with van der Waals surface area (Å²) in [5.41, 5.74) is 0. The van der Waals surface area contributed by atoms with E-state index in [4.69, 9.17) is 9.47 Å². The number of morpholine rings is 1. The lowest BCUT2D eigenvalue weighted by atomic mass is 9.86. The van der Waals surface area contributed by atoms with Crippen molar-refractivity contribution >= 4 is 0 Å². The second-order valence-corrected chi connectivity index (χ2v) is 6.83. The Morgan fingerprint density at radius 3 is 2.82 bits per heavy atom. The second-order valence-electron chi connectivity index (χ2n) is 6.83. The summed E-state index contributed by atoms with van der Waals surface area (Å²) in [6.45, 7) is 8.90. The van der Waals surface area contributed by atoms with Crippen molar-refractivity contribution in [3.05, 3.63) is 18.2 Å². The topological polar surface area (TPSA) is 42.8 Å². The van der Waals surface area contributed by atoms with Gasteiger partial charge in [-0.2, -0.15) is 0 Å². The zero-order valence-corrected chi connectivity index (χ0v) is 13.4. The summed E-state index contributed by atoms with van der Waals surface area (Å²) in [4.78, 5) is 9.61. The van der Waals surface area contributed by atoms with Crippen molar-refractivity contribution < 1.29 is 9.47 Å². The predicted molar refractivity (Wildman–Crippen MR) is 82.5 cm³/mol. The van der Waals surface area contributed by atoms with Crippen molar-refractivity contribution in [1.29, 1.82) is 0 Å². The third-order valence-electron chi connectivity index (χ3n) is 5.48. The molecular weight excluding hydrogens is 280 g/mol. The van der Waals surface area contributed by atoms with Crippen LogP contribution >= 0.6 is 0 Å². The highest BCUT2D eigenvalue weighted by Gasteiger charge is 2.43. The van der Waals surface area contributed by atoms with E-state index in [1.807, 2.05) is 12.4 Å². The summed E-state index contributed by atoms with van der Waals surface area (Å²) in [6, 6.07) is 0.564. The molecule has 1 aromatic heterocycles. The molecule has 22 heavy (non-hydrogen) atoms. The number of aryl methyl sites for hydroxylation is 1. The number of nitrogens with zero attached hydrogens (tertiary/aromatic N) is 4. The highest BCUT2D eigenvalue weighted by molar-refractivity contribution is 4.98. The van der Waals surface area contributed by atoms with Crippen LogP contribution in [0.5, 0.6) is 0 Å². The Kier molecular flexibility index (Phi) is 4.17. The third-order valence-corrected chi connectivity index (χ3v) is 5.48. The molecule has 0 aromatic carbocycles. The molecule has 122 valence electrons. The number of hydrogen-bond acceptors (Lipinski definition) is 5. The van der Waals surface area contributed by atoms with Crippen LogP contribution in [0, 0.1) is 11.8 Å². The molecular formula is C16H26N4O2. The van der Waals surface area contributed by atoms with E-state index in [0.717, 1.165) is 64.3 Å². The van der Waals surface area contributed by atoms with Crippen LogP contribution in [0.2, 0.25) is 0 Å². The molecule has 1 aromatic rings. The van der Waals surface area contributed by atoms with Gasteiger partial charge in [0.1, 0.15) is 5.82 Å². The van der Waals surface area contributed by atoms with E-state index in [9.17, 15) is 0 Å². The molecule has 0 radical (unpaired) electrons. The number of likely N-dealkylation sites (tertiary alicyclic amines) is 1. The standard InChI is InChI=1S/C16H26N4O2/c1-18-3-2-17-16(18)10-19-8-13-11-22-12-15(14(13)9-19)20-4-6-21-7-5-20/h2-3,13-15H,4-12H2,1H3/t13-,14-,15-/m0/s1. The Hall–Kier alpha value is -0.950. The molecule has 0 unspecified atom stereocenters. The van der Waals surface area contributed by atoms with Crippen LogP contribution in [0.15, 0.2) is 12.4 Å². The van der Waals surface area contributed by atoms with Gasteiger partial charge in [0.05, 0.1) is 33.0 Å². The Morgan fingerprint density at radius 2 is 2.05 bits per heavy atom. The van der Waals surface area contributed by atoms with Crippen molar-refractivity contribution in [2.45, 2.75) is 12.6 Å². The van der Waals surface area contributed by atoms with Gasteiger partial charge in [-0.25, -0.2) is 4.98 Å². The van der Waals surface area contributed by atoms with Crippen molar-refractivity contribution in [2.75, 3.05) is 52.6 Å². The van der Waals surface area contributed by atoms with E-state index in [-0.39, 0.29) is 0 Å². The number of imidazole rings is 1. The largest absolute Gasteiger partial charge is 0.379 e. The van der Waals surface area contributed by atoms with Gasteiger partial charge in [0, 0.05) is 57.6 Å². The maximum absolute atomic E-state index is 5.93. The van der Waals surface area contributed by atoms with Gasteiger partial charge >= 0.3 is 0 Å². The summed E-state index contributed by atoms with van der Waals surface area (Å²) in [5.74, 6) is 2.55. The lowest BCUT2D eigenvalue weighted by molar-refractivity contribution is -0.0683. The first kappa shape index (κ1) is 14.6. The van der Waals surface area contributed by atoms with E-state index in [0.29, 0.717) is 12.0 Å². The van der Waals surface area contributed by atoms with Crippen LogP contribution < -0.4 is 0 Å². The Bertz CT molecular complexity index is 500. The predicted octanol–water partition coefficient (Wildman–Crippen LogP) is 0.199. The molecule has 0 N–H and O–H groups in total. The lowest BCUT2D eigenvalue weighted by Crippen LogP contribution is -2.53. The first-order valence-electron chi connectivity index (χ1n) is 8.39. The zero-order valence-electron chi connectivity index (χ0n) is 13.4. The molecule has 4 rings (SSSR count). The van der Waals surface area contributed by atoms with Crippen LogP contribution in [0.4, 0.5) is 0 Å². The van der Waals surface area contributed by atoms with Gasteiger partial charge in [0.25, 0.3) is 0 Å². The van der Waals surface area contributed by atoms with E-state index < -0.39 is 0 Å². The number of rotatable bonds is 3. The maximum atomic E-state index is 5.93. The molecule has 0 amide bonds. The molecule has 0 saturated carbocycles. The molecule has 4 heterocycles. The van der Waals surface area contributed by atoms with E-state index in [2.05, 4.69) is 26.4 Å². The average molecular weight is 306 g/mol. The first-order valence-corrected chi connectivity index (χ1v) is 8.39. The van der Waals surface area contributed by atoms with E-state index in [1.54, 1.807) is 0 Å². The average Bonchev–Trinajstić information content (AvgIpc) is 3.14. The van der Waals surface area contributed by atoms with Crippen LogP contribution in [-0.2, 0) is 23.1 Å². The summed E-state index contributed by atoms with van der Waals surface area (Å²) in [6.07, 6.45) is 3.91. The summed E-state index contributed by atoms with van der Waals surface area (Å²) in [5, 5.41) is 0. The monoisotopic (exact) mass is 306 g/mol. The smallest absolute Gasteiger partial charge is 0.122 e. The van der Waals surface area contributed by atoms with Crippen molar-refractivity contribution in [3.8, 4) is 0 Å². The van der Waals surface area contributed by atoms with Crippen molar-refractivity contribution in [3.63, 3.8) is 0 Å². The van der Waals surface area contributed by atoms with Crippen LogP contribution in [0.25, 0.3) is 0 Å². The fraction of sp³-hybridized carbons (Fsp3) is 0.812. The van der Waals surface area contributed by atoms with E-state index >= 15 is 0 Å². The molecule has 6 nitrogen and oxygen atoms in total. The van der Waals surface area contributed by atoms with Gasteiger partial charge in [0.15, 0.2) is 0 Å².